The lowest BCUT2D eigenvalue weighted by atomic mass is 10.1. The van der Waals surface area contributed by atoms with E-state index in [1.807, 2.05) is 0 Å². The standard InChI is InChI=1S/C18H16Cl2FNO3/c1-11(18(24)22-16-10-13(19)7-8-14(16)20)25-17(23)9-6-12-4-2-3-5-15(12)21/h2-5,7-8,10-11H,6,9H2,1H3,(H,22,24). The van der Waals surface area contributed by atoms with Gasteiger partial charge in [-0.2, -0.15) is 0 Å². The Kier molecular flexibility index (Phi) is 6.79. The van der Waals surface area contributed by atoms with Gasteiger partial charge in [0, 0.05) is 11.4 Å². The maximum atomic E-state index is 13.5. The monoisotopic (exact) mass is 383 g/mol. The molecule has 4 nitrogen and oxygen atoms in total. The van der Waals surface area contributed by atoms with Gasteiger partial charge in [0.25, 0.3) is 5.91 Å². The molecule has 0 aliphatic heterocycles. The highest BCUT2D eigenvalue weighted by Crippen LogP contribution is 2.25. The van der Waals surface area contributed by atoms with E-state index in [0.29, 0.717) is 21.3 Å². The fourth-order valence-corrected chi connectivity index (χ4v) is 2.41. The summed E-state index contributed by atoms with van der Waals surface area (Å²) in [7, 11) is 0. The molecule has 0 aromatic heterocycles. The minimum absolute atomic E-state index is 0.0313. The fourth-order valence-electron chi connectivity index (χ4n) is 2.08. The average Bonchev–Trinajstić information content (AvgIpc) is 2.57. The molecule has 7 heteroatoms. The van der Waals surface area contributed by atoms with Crippen LogP contribution in [0.15, 0.2) is 42.5 Å². The van der Waals surface area contributed by atoms with Gasteiger partial charge in [-0.15, -0.1) is 0 Å². The fraction of sp³-hybridized carbons (Fsp3) is 0.222. The Morgan fingerprint density at radius 2 is 1.92 bits per heavy atom. The van der Waals surface area contributed by atoms with Gasteiger partial charge in [-0.05, 0) is 43.2 Å². The number of amides is 1. The molecular weight excluding hydrogens is 368 g/mol. The first-order chi connectivity index (χ1) is 11.9. The second kappa shape index (κ2) is 8.83. The van der Waals surface area contributed by atoms with Gasteiger partial charge in [0.15, 0.2) is 6.10 Å². The molecule has 0 spiro atoms. The molecule has 2 aromatic carbocycles. The van der Waals surface area contributed by atoms with Gasteiger partial charge < -0.3 is 10.1 Å². The molecule has 1 unspecified atom stereocenters. The number of benzene rings is 2. The van der Waals surface area contributed by atoms with Gasteiger partial charge in [0.05, 0.1) is 10.7 Å². The lowest BCUT2D eigenvalue weighted by Crippen LogP contribution is -2.30. The summed E-state index contributed by atoms with van der Waals surface area (Å²) in [5.41, 5.74) is 0.746. The van der Waals surface area contributed by atoms with Crippen molar-refractivity contribution in [2.24, 2.45) is 0 Å². The summed E-state index contributed by atoms with van der Waals surface area (Å²) in [6.07, 6.45) is -0.862. The molecule has 1 amide bonds. The Morgan fingerprint density at radius 3 is 2.64 bits per heavy atom. The van der Waals surface area contributed by atoms with Crippen LogP contribution in [0.2, 0.25) is 10.0 Å². The highest BCUT2D eigenvalue weighted by atomic mass is 35.5. The van der Waals surface area contributed by atoms with Gasteiger partial charge in [0.2, 0.25) is 0 Å². The van der Waals surface area contributed by atoms with E-state index in [2.05, 4.69) is 5.32 Å². The molecule has 25 heavy (non-hydrogen) atoms. The van der Waals surface area contributed by atoms with Crippen molar-refractivity contribution in [2.45, 2.75) is 25.9 Å². The van der Waals surface area contributed by atoms with Crippen molar-refractivity contribution in [3.63, 3.8) is 0 Å². The molecule has 0 heterocycles. The Bertz CT molecular complexity index is 783. The predicted octanol–water partition coefficient (Wildman–Crippen LogP) is 4.64. The number of carbonyl (C=O) groups excluding carboxylic acids is 2. The van der Waals surface area contributed by atoms with Crippen molar-refractivity contribution in [1.82, 2.24) is 0 Å². The van der Waals surface area contributed by atoms with Gasteiger partial charge in [-0.1, -0.05) is 41.4 Å². The van der Waals surface area contributed by atoms with Crippen molar-refractivity contribution in [1.29, 1.82) is 0 Å². The van der Waals surface area contributed by atoms with Gasteiger partial charge in [-0.25, -0.2) is 4.39 Å². The molecule has 1 N–H and O–H groups in total. The van der Waals surface area contributed by atoms with E-state index in [1.165, 1.54) is 19.1 Å². The van der Waals surface area contributed by atoms with Gasteiger partial charge >= 0.3 is 5.97 Å². The minimum Gasteiger partial charge on any atom is -0.453 e. The number of nitrogens with one attached hydrogen (secondary N) is 1. The van der Waals surface area contributed by atoms with E-state index in [4.69, 9.17) is 27.9 Å². The topological polar surface area (TPSA) is 55.4 Å². The zero-order valence-electron chi connectivity index (χ0n) is 13.4. The normalized spacial score (nSPS) is 11.7. The van der Waals surface area contributed by atoms with Crippen LogP contribution in [0.4, 0.5) is 10.1 Å². The quantitative estimate of drug-likeness (QED) is 0.739. The van der Waals surface area contributed by atoms with Crippen LogP contribution < -0.4 is 5.32 Å². The SMILES string of the molecule is CC(OC(=O)CCc1ccccc1F)C(=O)Nc1cc(Cl)ccc1Cl. The van der Waals surface area contributed by atoms with Crippen LogP contribution in [0.5, 0.6) is 0 Å². The second-order valence-electron chi connectivity index (χ2n) is 5.34. The molecule has 2 rings (SSSR count). The lowest BCUT2D eigenvalue weighted by molar-refractivity contribution is -0.153. The third-order valence-corrected chi connectivity index (χ3v) is 3.98. The van der Waals surface area contributed by atoms with E-state index < -0.39 is 18.0 Å². The van der Waals surface area contributed by atoms with Crippen LogP contribution in [-0.2, 0) is 20.7 Å². The van der Waals surface area contributed by atoms with Crippen molar-refractivity contribution in [2.75, 3.05) is 5.32 Å². The van der Waals surface area contributed by atoms with Crippen molar-refractivity contribution in [3.8, 4) is 0 Å². The zero-order chi connectivity index (χ0) is 18.4. The molecule has 1 atom stereocenters. The van der Waals surface area contributed by atoms with E-state index >= 15 is 0 Å². The molecule has 0 saturated heterocycles. The number of ether oxygens (including phenoxy) is 1. The number of esters is 1. The van der Waals surface area contributed by atoms with Crippen molar-refractivity contribution >= 4 is 40.8 Å². The van der Waals surface area contributed by atoms with Crippen LogP contribution in [0.25, 0.3) is 0 Å². The van der Waals surface area contributed by atoms with Crippen molar-refractivity contribution in [3.05, 3.63) is 63.9 Å². The first-order valence-electron chi connectivity index (χ1n) is 7.55. The van der Waals surface area contributed by atoms with Crippen LogP contribution in [0, 0.1) is 5.82 Å². The summed E-state index contributed by atoms with van der Waals surface area (Å²) in [5.74, 6) is -1.51. The summed E-state index contributed by atoms with van der Waals surface area (Å²) in [5, 5.41) is 3.27. The summed E-state index contributed by atoms with van der Waals surface area (Å²) in [6.45, 7) is 1.44. The van der Waals surface area contributed by atoms with Crippen LogP contribution in [-0.4, -0.2) is 18.0 Å². The largest absolute Gasteiger partial charge is 0.453 e. The van der Waals surface area contributed by atoms with E-state index in [0.717, 1.165) is 0 Å². The molecule has 0 aliphatic carbocycles. The zero-order valence-corrected chi connectivity index (χ0v) is 14.9. The highest BCUT2D eigenvalue weighted by Gasteiger charge is 2.19. The molecule has 0 radical (unpaired) electrons. The molecule has 0 fully saturated rings. The van der Waals surface area contributed by atoms with Crippen molar-refractivity contribution < 1.29 is 18.7 Å². The first-order valence-corrected chi connectivity index (χ1v) is 8.31. The Balaban J connectivity index is 1.87. The summed E-state index contributed by atoms with van der Waals surface area (Å²) in [4.78, 5) is 23.9. The number of anilines is 1. The van der Waals surface area contributed by atoms with E-state index in [1.54, 1.807) is 30.3 Å². The van der Waals surface area contributed by atoms with Gasteiger partial charge in [-0.3, -0.25) is 9.59 Å². The van der Waals surface area contributed by atoms with Crippen LogP contribution in [0.3, 0.4) is 0 Å². The predicted molar refractivity (Wildman–Crippen MR) is 95.4 cm³/mol. The highest BCUT2D eigenvalue weighted by molar-refractivity contribution is 6.35. The minimum atomic E-state index is -1.02. The second-order valence-corrected chi connectivity index (χ2v) is 6.18. The summed E-state index contributed by atoms with van der Waals surface area (Å²) < 4.78 is 18.6. The van der Waals surface area contributed by atoms with Crippen LogP contribution in [0.1, 0.15) is 18.9 Å². The number of carbonyl (C=O) groups is 2. The molecule has 0 aliphatic rings. The first kappa shape index (κ1) is 19.2. The average molecular weight is 384 g/mol. The summed E-state index contributed by atoms with van der Waals surface area (Å²) >= 11 is 11.8. The van der Waals surface area contributed by atoms with E-state index in [-0.39, 0.29) is 18.7 Å². The molecular formula is C18H16Cl2FNO3. The third kappa shape index (κ3) is 5.73. The van der Waals surface area contributed by atoms with Gasteiger partial charge in [0.1, 0.15) is 5.82 Å². The smallest absolute Gasteiger partial charge is 0.306 e. The molecule has 0 bridgehead atoms. The Hall–Kier alpha value is -2.11. The van der Waals surface area contributed by atoms with E-state index in [9.17, 15) is 14.0 Å². The number of rotatable bonds is 6. The summed E-state index contributed by atoms with van der Waals surface area (Å²) in [6, 6.07) is 10.8. The third-order valence-electron chi connectivity index (χ3n) is 3.42. The maximum absolute atomic E-state index is 13.5. The lowest BCUT2D eigenvalue weighted by Gasteiger charge is -2.14. The number of halogens is 3. The molecule has 0 saturated carbocycles. The Morgan fingerprint density at radius 1 is 1.20 bits per heavy atom. The maximum Gasteiger partial charge on any atom is 0.306 e. The number of hydrogen-bond donors (Lipinski definition) is 1. The Labute approximate surface area is 154 Å². The van der Waals surface area contributed by atoms with Crippen LogP contribution >= 0.6 is 23.2 Å². The molecule has 132 valence electrons. The molecule has 2 aromatic rings. The number of aryl methyl sites for hydroxylation is 1. The number of hydrogen-bond acceptors (Lipinski definition) is 3.